The summed E-state index contributed by atoms with van der Waals surface area (Å²) in [6, 6.07) is 19.0. The van der Waals surface area contributed by atoms with Gasteiger partial charge in [-0.3, -0.25) is 0 Å². The highest BCUT2D eigenvalue weighted by Crippen LogP contribution is 2.50. The Morgan fingerprint density at radius 2 is 1.41 bits per heavy atom. The molecule has 2 unspecified atom stereocenters. The summed E-state index contributed by atoms with van der Waals surface area (Å²) in [5.74, 6) is 2.16. The van der Waals surface area contributed by atoms with E-state index < -0.39 is 0 Å². The molecule has 37 heavy (non-hydrogen) atoms. The van der Waals surface area contributed by atoms with Crippen LogP contribution in [-0.2, 0) is 36.5 Å². The van der Waals surface area contributed by atoms with Crippen LogP contribution in [0.25, 0.3) is 0 Å². The van der Waals surface area contributed by atoms with Gasteiger partial charge in [-0.1, -0.05) is 71.0 Å². The van der Waals surface area contributed by atoms with Crippen molar-refractivity contribution in [2.75, 3.05) is 0 Å². The fraction of sp³-hybridized carbons (Fsp3) is 0.500. The van der Waals surface area contributed by atoms with Crippen LogP contribution in [0.1, 0.15) is 124 Å². The SMILES string of the molecule is CC(C)(C)Oc1ccc2c(c1)C(CC(C)(C)c1ccc3c(c1)C(c1ccc4c(c1C(C)(C)C)CC4)C3)C2. The predicted octanol–water partition coefficient (Wildman–Crippen LogP) is 8.96. The lowest BCUT2D eigenvalue weighted by atomic mass is 9.63. The summed E-state index contributed by atoms with van der Waals surface area (Å²) in [4.78, 5) is 0. The lowest BCUT2D eigenvalue weighted by molar-refractivity contribution is 0.130. The van der Waals surface area contributed by atoms with Crippen molar-refractivity contribution in [2.24, 2.45) is 0 Å². The first kappa shape index (κ1) is 24.8. The Morgan fingerprint density at radius 1 is 0.703 bits per heavy atom. The number of ether oxygens (including phenoxy) is 1. The van der Waals surface area contributed by atoms with Crippen molar-refractivity contribution >= 4 is 0 Å². The van der Waals surface area contributed by atoms with Crippen LogP contribution in [0, 0.1) is 0 Å². The third kappa shape index (κ3) is 4.33. The molecule has 0 amide bonds. The second-order valence-electron chi connectivity index (χ2n) is 14.7. The summed E-state index contributed by atoms with van der Waals surface area (Å²) in [5, 5.41) is 0. The molecule has 1 heteroatoms. The fourth-order valence-corrected chi connectivity index (χ4v) is 7.21. The van der Waals surface area contributed by atoms with Gasteiger partial charge in [0.25, 0.3) is 0 Å². The molecule has 0 radical (unpaired) electrons. The summed E-state index contributed by atoms with van der Waals surface area (Å²) in [6.07, 6.45) is 6.06. The number of rotatable bonds is 5. The molecule has 6 rings (SSSR count). The van der Waals surface area contributed by atoms with E-state index >= 15 is 0 Å². The molecule has 0 N–H and O–H groups in total. The van der Waals surface area contributed by atoms with Crippen molar-refractivity contribution in [2.45, 2.75) is 116 Å². The zero-order valence-corrected chi connectivity index (χ0v) is 24.2. The first-order chi connectivity index (χ1) is 17.3. The molecule has 3 aromatic carbocycles. The predicted molar refractivity (Wildman–Crippen MR) is 155 cm³/mol. The normalized spacial score (nSPS) is 20.1. The highest BCUT2D eigenvalue weighted by Gasteiger charge is 2.38. The monoisotopic (exact) mass is 492 g/mol. The zero-order chi connectivity index (χ0) is 26.3. The van der Waals surface area contributed by atoms with Crippen molar-refractivity contribution in [3.05, 3.63) is 98.6 Å². The molecule has 0 aromatic heterocycles. The smallest absolute Gasteiger partial charge is 0.120 e. The molecule has 3 aliphatic rings. The van der Waals surface area contributed by atoms with Gasteiger partial charge in [0.05, 0.1) is 0 Å². The molecule has 0 heterocycles. The standard InChI is InChI=1S/C36H44O/c1-34(2,3)33-28-15-11-22(28)12-16-29(33)32-18-24-9-13-26(19-31(24)32)36(7,8)21-25-17-23-10-14-27(20-30(23)25)37-35(4,5)6/h9-10,12-14,16,19-20,25,32H,11,15,17-18,21H2,1-8H3. The molecule has 0 fully saturated rings. The molecule has 3 aromatic rings. The summed E-state index contributed by atoms with van der Waals surface area (Å²) in [7, 11) is 0. The van der Waals surface area contributed by atoms with E-state index in [9.17, 15) is 0 Å². The van der Waals surface area contributed by atoms with E-state index in [2.05, 4.69) is 104 Å². The Balaban J connectivity index is 1.26. The Kier molecular flexibility index (Phi) is 5.51. The molecule has 0 bridgehead atoms. The minimum atomic E-state index is -0.165. The number of fused-ring (bicyclic) bond motifs is 3. The highest BCUT2D eigenvalue weighted by molar-refractivity contribution is 5.58. The largest absolute Gasteiger partial charge is 0.488 e. The fourth-order valence-electron chi connectivity index (χ4n) is 7.21. The molecule has 2 atom stereocenters. The molecule has 0 aliphatic heterocycles. The summed E-state index contributed by atoms with van der Waals surface area (Å²) in [6.45, 7) is 18.5. The summed E-state index contributed by atoms with van der Waals surface area (Å²) >= 11 is 0. The van der Waals surface area contributed by atoms with Gasteiger partial charge < -0.3 is 4.74 Å². The molecule has 0 spiro atoms. The first-order valence-electron chi connectivity index (χ1n) is 14.4. The third-order valence-corrected chi connectivity index (χ3v) is 9.14. The lowest BCUT2D eigenvalue weighted by Gasteiger charge is -2.41. The van der Waals surface area contributed by atoms with Gasteiger partial charge in [-0.15, -0.1) is 0 Å². The lowest BCUT2D eigenvalue weighted by Crippen LogP contribution is -2.30. The zero-order valence-electron chi connectivity index (χ0n) is 24.2. The van der Waals surface area contributed by atoms with Gasteiger partial charge in [-0.2, -0.15) is 0 Å². The number of hydrogen-bond acceptors (Lipinski definition) is 1. The van der Waals surface area contributed by atoms with Crippen molar-refractivity contribution in [1.82, 2.24) is 0 Å². The molecule has 3 aliphatic carbocycles. The van der Waals surface area contributed by atoms with E-state index in [0.29, 0.717) is 11.8 Å². The van der Waals surface area contributed by atoms with Crippen molar-refractivity contribution in [3.63, 3.8) is 0 Å². The average molecular weight is 493 g/mol. The molecule has 1 nitrogen and oxygen atoms in total. The highest BCUT2D eigenvalue weighted by atomic mass is 16.5. The number of hydrogen-bond donors (Lipinski definition) is 0. The summed E-state index contributed by atoms with van der Waals surface area (Å²) in [5.41, 5.74) is 14.2. The van der Waals surface area contributed by atoms with E-state index in [1.54, 1.807) is 33.4 Å². The van der Waals surface area contributed by atoms with Crippen molar-refractivity contribution in [3.8, 4) is 5.75 Å². The number of aryl methyl sites for hydroxylation is 1. The van der Waals surface area contributed by atoms with Crippen LogP contribution in [-0.4, -0.2) is 5.60 Å². The van der Waals surface area contributed by atoms with Gasteiger partial charge in [0, 0.05) is 5.92 Å². The first-order valence-corrected chi connectivity index (χ1v) is 14.4. The van der Waals surface area contributed by atoms with Crippen LogP contribution in [0.3, 0.4) is 0 Å². The van der Waals surface area contributed by atoms with Gasteiger partial charge in [0.2, 0.25) is 0 Å². The third-order valence-electron chi connectivity index (χ3n) is 9.14. The van der Waals surface area contributed by atoms with Gasteiger partial charge in [-0.25, -0.2) is 0 Å². The van der Waals surface area contributed by atoms with Crippen LogP contribution in [0.4, 0.5) is 0 Å². The van der Waals surface area contributed by atoms with E-state index in [1.807, 2.05) is 0 Å². The maximum Gasteiger partial charge on any atom is 0.120 e. The van der Waals surface area contributed by atoms with Crippen LogP contribution < -0.4 is 4.74 Å². The van der Waals surface area contributed by atoms with E-state index in [-0.39, 0.29) is 16.4 Å². The van der Waals surface area contributed by atoms with Gasteiger partial charge in [-0.05, 0) is 132 Å². The Morgan fingerprint density at radius 3 is 2.08 bits per heavy atom. The number of benzene rings is 3. The van der Waals surface area contributed by atoms with Crippen molar-refractivity contribution in [1.29, 1.82) is 0 Å². The molecular weight excluding hydrogens is 448 g/mol. The van der Waals surface area contributed by atoms with E-state index in [0.717, 1.165) is 5.75 Å². The topological polar surface area (TPSA) is 9.23 Å². The maximum atomic E-state index is 6.18. The van der Waals surface area contributed by atoms with E-state index in [4.69, 9.17) is 4.74 Å². The van der Waals surface area contributed by atoms with E-state index in [1.165, 1.54) is 48.8 Å². The second-order valence-corrected chi connectivity index (χ2v) is 14.7. The van der Waals surface area contributed by atoms with Gasteiger partial charge >= 0.3 is 0 Å². The molecule has 0 saturated carbocycles. The van der Waals surface area contributed by atoms with Crippen LogP contribution in [0.5, 0.6) is 5.75 Å². The van der Waals surface area contributed by atoms with Crippen LogP contribution >= 0.6 is 0 Å². The average Bonchev–Trinajstić information content (AvgIpc) is 2.73. The van der Waals surface area contributed by atoms with Crippen LogP contribution in [0.2, 0.25) is 0 Å². The summed E-state index contributed by atoms with van der Waals surface area (Å²) < 4.78 is 6.18. The minimum Gasteiger partial charge on any atom is -0.488 e. The molecule has 194 valence electrons. The maximum absolute atomic E-state index is 6.18. The van der Waals surface area contributed by atoms with Crippen molar-refractivity contribution < 1.29 is 4.74 Å². The quantitative estimate of drug-likeness (QED) is 0.345. The van der Waals surface area contributed by atoms with Crippen LogP contribution in [0.15, 0.2) is 48.5 Å². The molecular formula is C36H44O. The van der Waals surface area contributed by atoms with Gasteiger partial charge in [0.1, 0.15) is 11.4 Å². The molecule has 0 saturated heterocycles. The minimum absolute atomic E-state index is 0.131. The Hall–Kier alpha value is -2.54. The Bertz CT molecular complexity index is 1380. The van der Waals surface area contributed by atoms with Gasteiger partial charge in [0.15, 0.2) is 0 Å². The second kappa shape index (κ2) is 8.23. The Labute approximate surface area is 224 Å².